The average Bonchev–Trinajstić information content (AvgIpc) is 2.51. The number of carbonyl (C=O) groups is 1. The van der Waals surface area contributed by atoms with Gasteiger partial charge in [-0.1, -0.05) is 32.9 Å². The molecule has 0 aliphatic heterocycles. The van der Waals surface area contributed by atoms with Gasteiger partial charge in [0.05, 0.1) is 18.2 Å². The summed E-state index contributed by atoms with van der Waals surface area (Å²) < 4.78 is 44.1. The number of amides is 1. The number of hydrogen-bond donors (Lipinski definition) is 2. The van der Waals surface area contributed by atoms with Crippen LogP contribution in [0.1, 0.15) is 44.7 Å². The normalized spacial score (nSPS) is 15.3. The van der Waals surface area contributed by atoms with E-state index < -0.39 is 44.7 Å². The van der Waals surface area contributed by atoms with Crippen molar-refractivity contribution >= 4 is 14.4 Å². The van der Waals surface area contributed by atoms with Gasteiger partial charge in [0.25, 0.3) is 0 Å². The van der Waals surface area contributed by atoms with Gasteiger partial charge in [0.2, 0.25) is 8.32 Å². The predicted molar refractivity (Wildman–Crippen MR) is 98.9 cm³/mol. The lowest BCUT2D eigenvalue weighted by Gasteiger charge is -2.42. The topological polar surface area (TPSA) is 70.0 Å². The number of nitrogens with zero attached hydrogens (tertiary/aromatic N) is 1. The summed E-state index contributed by atoms with van der Waals surface area (Å²) in [6.07, 6.45) is -5.77. The quantitative estimate of drug-likeness (QED) is 0.509. The second kappa shape index (κ2) is 8.20. The molecule has 1 aromatic carbocycles. The number of aliphatic hydroxyl groups is 1. The van der Waals surface area contributed by atoms with Crippen molar-refractivity contribution in [3.8, 4) is 0 Å². The number of carboxylic acid groups (broad SMARTS) is 1. The first kappa shape index (κ1) is 23.5. The van der Waals surface area contributed by atoms with Crippen LogP contribution in [0.4, 0.5) is 18.0 Å². The zero-order chi connectivity index (χ0) is 21.2. The van der Waals surface area contributed by atoms with Crippen molar-refractivity contribution in [1.82, 2.24) is 5.06 Å². The van der Waals surface area contributed by atoms with Gasteiger partial charge in [0.1, 0.15) is 0 Å². The highest BCUT2D eigenvalue weighted by atomic mass is 28.4. The average molecular weight is 408 g/mol. The predicted octanol–water partition coefficient (Wildman–Crippen LogP) is 5.09. The number of rotatable bonds is 6. The van der Waals surface area contributed by atoms with Gasteiger partial charge in [0, 0.05) is 5.92 Å². The van der Waals surface area contributed by atoms with Crippen LogP contribution in [0.5, 0.6) is 0 Å². The Labute approximate surface area is 158 Å². The van der Waals surface area contributed by atoms with Gasteiger partial charge >= 0.3 is 12.3 Å². The van der Waals surface area contributed by atoms with Crippen LogP contribution in [0, 0.1) is 0 Å². The third kappa shape index (κ3) is 5.69. The maximum atomic E-state index is 12.7. The largest absolute Gasteiger partial charge is 0.463 e. The van der Waals surface area contributed by atoms with Crippen LogP contribution >= 0.6 is 0 Å². The SMILES string of the molecule is C[C@H]([C@H](CO)c1ccc(C(F)(F)F)cc1)N(O[Si](C)(C)C(C)(C)C)C(=O)O. The van der Waals surface area contributed by atoms with E-state index in [0.29, 0.717) is 5.56 Å². The van der Waals surface area contributed by atoms with Crippen molar-refractivity contribution in [3.63, 3.8) is 0 Å². The standard InChI is InChI=1S/C18H28F3NO4Si/c1-12(22(16(24)25)26-27(5,6)17(2,3)4)15(11-23)13-7-9-14(10-8-13)18(19,20)21/h7-10,12,15,23H,11H2,1-6H3,(H,24,25)/t12-,15+/m1/s1. The van der Waals surface area contributed by atoms with Crippen LogP contribution in [0.25, 0.3) is 0 Å². The van der Waals surface area contributed by atoms with Crippen molar-refractivity contribution in [1.29, 1.82) is 0 Å². The highest BCUT2D eigenvalue weighted by molar-refractivity contribution is 6.74. The van der Waals surface area contributed by atoms with Crippen LogP contribution in [0.2, 0.25) is 18.1 Å². The lowest BCUT2D eigenvalue weighted by molar-refractivity contribution is -0.137. The third-order valence-corrected chi connectivity index (χ3v) is 9.40. The van der Waals surface area contributed by atoms with Gasteiger partial charge in [-0.3, -0.25) is 0 Å². The van der Waals surface area contributed by atoms with Gasteiger partial charge in [0.15, 0.2) is 0 Å². The Morgan fingerprint density at radius 1 is 1.19 bits per heavy atom. The first-order chi connectivity index (χ1) is 12.1. The molecule has 0 aromatic heterocycles. The number of benzene rings is 1. The Morgan fingerprint density at radius 3 is 2.00 bits per heavy atom. The molecule has 1 amide bonds. The van der Waals surface area contributed by atoms with E-state index in [9.17, 15) is 28.2 Å². The van der Waals surface area contributed by atoms with E-state index in [0.717, 1.165) is 17.2 Å². The molecule has 0 aliphatic rings. The molecule has 0 radical (unpaired) electrons. The van der Waals surface area contributed by atoms with Crippen molar-refractivity contribution in [2.45, 2.75) is 64.0 Å². The summed E-state index contributed by atoms with van der Waals surface area (Å²) in [6.45, 7) is 10.8. The summed E-state index contributed by atoms with van der Waals surface area (Å²) in [5, 5.41) is 20.0. The summed E-state index contributed by atoms with van der Waals surface area (Å²) in [4.78, 5) is 11.8. The Balaban J connectivity index is 3.15. The third-order valence-electron chi connectivity index (χ3n) is 5.14. The number of halogens is 3. The Morgan fingerprint density at radius 2 is 1.67 bits per heavy atom. The van der Waals surface area contributed by atoms with Crippen molar-refractivity contribution in [2.75, 3.05) is 6.61 Å². The van der Waals surface area contributed by atoms with E-state index in [1.165, 1.54) is 12.1 Å². The minimum Gasteiger partial charge on any atom is -0.463 e. The molecule has 0 bridgehead atoms. The fraction of sp³-hybridized carbons (Fsp3) is 0.611. The smallest absolute Gasteiger partial charge is 0.430 e. The molecule has 1 aromatic rings. The first-order valence-electron chi connectivity index (χ1n) is 8.61. The molecule has 0 spiro atoms. The zero-order valence-corrected chi connectivity index (χ0v) is 17.5. The van der Waals surface area contributed by atoms with Gasteiger partial charge in [-0.25, -0.2) is 4.79 Å². The monoisotopic (exact) mass is 407 g/mol. The highest BCUT2D eigenvalue weighted by Gasteiger charge is 2.43. The minimum absolute atomic E-state index is 0.247. The van der Waals surface area contributed by atoms with Gasteiger partial charge < -0.3 is 14.7 Å². The fourth-order valence-electron chi connectivity index (χ4n) is 2.30. The Bertz CT molecular complexity index is 641. The molecule has 0 heterocycles. The molecule has 5 nitrogen and oxygen atoms in total. The van der Waals surface area contributed by atoms with Gasteiger partial charge in [-0.05, 0) is 42.8 Å². The van der Waals surface area contributed by atoms with Crippen LogP contribution in [-0.2, 0) is 10.7 Å². The molecule has 2 atom stereocenters. The molecule has 2 N–H and O–H groups in total. The molecule has 27 heavy (non-hydrogen) atoms. The second-order valence-electron chi connectivity index (χ2n) is 8.11. The summed E-state index contributed by atoms with van der Waals surface area (Å²) in [7, 11) is -2.47. The molecule has 0 saturated carbocycles. The van der Waals surface area contributed by atoms with E-state index in [-0.39, 0.29) is 5.04 Å². The van der Waals surface area contributed by atoms with Gasteiger partial charge in [-0.2, -0.15) is 18.2 Å². The number of hydrogen-bond acceptors (Lipinski definition) is 3. The van der Waals surface area contributed by atoms with E-state index in [4.69, 9.17) is 4.53 Å². The van der Waals surface area contributed by atoms with Crippen LogP contribution < -0.4 is 0 Å². The lowest BCUT2D eigenvalue weighted by atomic mass is 9.92. The Kier molecular flexibility index (Phi) is 7.12. The number of alkyl halides is 3. The van der Waals surface area contributed by atoms with E-state index in [1.807, 2.05) is 33.9 Å². The highest BCUT2D eigenvalue weighted by Crippen LogP contribution is 2.38. The molecule has 0 unspecified atom stereocenters. The molecule has 0 saturated heterocycles. The molecule has 1 rings (SSSR count). The maximum Gasteiger partial charge on any atom is 0.430 e. The zero-order valence-electron chi connectivity index (χ0n) is 16.5. The van der Waals surface area contributed by atoms with Crippen molar-refractivity contribution in [2.24, 2.45) is 0 Å². The van der Waals surface area contributed by atoms with Crippen LogP contribution in [0.3, 0.4) is 0 Å². The first-order valence-corrected chi connectivity index (χ1v) is 11.5. The Hall–Kier alpha value is -1.58. The lowest BCUT2D eigenvalue weighted by Crippen LogP contribution is -2.52. The molecular weight excluding hydrogens is 379 g/mol. The van der Waals surface area contributed by atoms with E-state index >= 15 is 0 Å². The number of aliphatic hydroxyl groups excluding tert-OH is 1. The van der Waals surface area contributed by atoms with Crippen molar-refractivity contribution in [3.05, 3.63) is 35.4 Å². The molecule has 154 valence electrons. The summed E-state index contributed by atoms with van der Waals surface area (Å²) in [5.41, 5.74) is -0.397. The fourth-order valence-corrected chi connectivity index (χ4v) is 3.31. The molecular formula is C18H28F3NO4Si. The molecule has 0 fully saturated rings. The second-order valence-corrected chi connectivity index (χ2v) is 12.8. The summed E-state index contributed by atoms with van der Waals surface area (Å²) in [6, 6.07) is 3.56. The summed E-state index contributed by atoms with van der Waals surface area (Å²) in [5.74, 6) is -0.729. The van der Waals surface area contributed by atoms with Crippen LogP contribution in [-0.4, -0.2) is 42.3 Å². The van der Waals surface area contributed by atoms with Crippen molar-refractivity contribution < 1.29 is 32.7 Å². The van der Waals surface area contributed by atoms with Crippen LogP contribution in [0.15, 0.2) is 24.3 Å². The van der Waals surface area contributed by atoms with E-state index in [1.54, 1.807) is 6.92 Å². The maximum absolute atomic E-state index is 12.7. The molecule has 9 heteroatoms. The minimum atomic E-state index is -4.46. The molecule has 0 aliphatic carbocycles. The summed E-state index contributed by atoms with van der Waals surface area (Å²) >= 11 is 0. The van der Waals surface area contributed by atoms with Gasteiger partial charge in [-0.15, -0.1) is 0 Å². The van der Waals surface area contributed by atoms with E-state index in [2.05, 4.69) is 0 Å². The number of hydroxylamine groups is 2.